The lowest BCUT2D eigenvalue weighted by Gasteiger charge is -2.04. The van der Waals surface area contributed by atoms with Gasteiger partial charge in [0, 0.05) is 10.8 Å². The summed E-state index contributed by atoms with van der Waals surface area (Å²) < 4.78 is 0. The first kappa shape index (κ1) is 11.6. The van der Waals surface area contributed by atoms with Crippen LogP contribution in [0.4, 0.5) is 0 Å². The van der Waals surface area contributed by atoms with Crippen molar-refractivity contribution in [2.24, 2.45) is 0 Å². The van der Waals surface area contributed by atoms with E-state index >= 15 is 0 Å². The highest BCUT2D eigenvalue weighted by Gasteiger charge is 2.11. The van der Waals surface area contributed by atoms with E-state index in [-0.39, 0.29) is 0 Å². The number of hydrogen-bond acceptors (Lipinski definition) is 4. The Hall–Kier alpha value is -1.52. The molecule has 0 saturated carbocycles. The topological polar surface area (TPSA) is 38.7 Å². The van der Waals surface area contributed by atoms with Crippen LogP contribution in [0, 0.1) is 13.8 Å². The summed E-state index contributed by atoms with van der Waals surface area (Å²) in [5.41, 5.74) is 2.72. The van der Waals surface area contributed by atoms with E-state index in [0.29, 0.717) is 11.0 Å². The number of aromatic nitrogens is 3. The first-order valence-corrected chi connectivity index (χ1v) is 6.76. The highest BCUT2D eigenvalue weighted by Crippen LogP contribution is 2.27. The zero-order valence-electron chi connectivity index (χ0n) is 9.94. The van der Waals surface area contributed by atoms with Gasteiger partial charge in [0.15, 0.2) is 5.82 Å². The third-order valence-electron chi connectivity index (χ3n) is 2.74. The van der Waals surface area contributed by atoms with E-state index in [1.54, 1.807) is 11.3 Å². The summed E-state index contributed by atoms with van der Waals surface area (Å²) in [6.07, 6.45) is 0. The minimum Gasteiger partial charge on any atom is -0.238 e. The van der Waals surface area contributed by atoms with Crippen molar-refractivity contribution in [3.05, 3.63) is 39.3 Å². The monoisotopic (exact) mass is 275 g/mol. The van der Waals surface area contributed by atoms with Gasteiger partial charge in [-0.2, -0.15) is 0 Å². The molecule has 0 aliphatic rings. The predicted octanol–water partition coefficient (Wildman–Crippen LogP) is 4.02. The van der Waals surface area contributed by atoms with Crippen LogP contribution in [0.5, 0.6) is 0 Å². The SMILES string of the molecule is Cc1nc(-c2nc(Cl)c3c(C)cccc3n2)cs1. The zero-order chi connectivity index (χ0) is 12.7. The molecule has 0 saturated heterocycles. The van der Waals surface area contributed by atoms with Gasteiger partial charge >= 0.3 is 0 Å². The van der Waals surface area contributed by atoms with Crippen molar-refractivity contribution in [2.75, 3.05) is 0 Å². The zero-order valence-corrected chi connectivity index (χ0v) is 11.5. The fourth-order valence-corrected chi connectivity index (χ4v) is 2.80. The van der Waals surface area contributed by atoms with Gasteiger partial charge in [0.2, 0.25) is 0 Å². The first-order chi connectivity index (χ1) is 8.65. The van der Waals surface area contributed by atoms with Crippen LogP contribution in [0.15, 0.2) is 23.6 Å². The summed E-state index contributed by atoms with van der Waals surface area (Å²) in [6.45, 7) is 3.96. The minimum atomic E-state index is 0.485. The molecule has 0 fully saturated rings. The average molecular weight is 276 g/mol. The van der Waals surface area contributed by atoms with Crippen molar-refractivity contribution in [1.29, 1.82) is 0 Å². The molecule has 0 bridgehead atoms. The quantitative estimate of drug-likeness (QED) is 0.630. The van der Waals surface area contributed by atoms with Gasteiger partial charge in [-0.05, 0) is 25.5 Å². The number of thiazole rings is 1. The van der Waals surface area contributed by atoms with Crippen LogP contribution >= 0.6 is 22.9 Å². The molecule has 0 amide bonds. The maximum Gasteiger partial charge on any atom is 0.181 e. The number of nitrogens with zero attached hydrogens (tertiary/aromatic N) is 3. The summed E-state index contributed by atoms with van der Waals surface area (Å²) in [5, 5.41) is 4.34. The van der Waals surface area contributed by atoms with Crippen LogP contribution in [0.2, 0.25) is 5.15 Å². The lowest BCUT2D eigenvalue weighted by atomic mass is 10.1. The van der Waals surface area contributed by atoms with Crippen LogP contribution in [0.25, 0.3) is 22.4 Å². The van der Waals surface area contributed by atoms with Crippen LogP contribution in [0.3, 0.4) is 0 Å². The maximum atomic E-state index is 6.25. The standard InChI is InChI=1S/C13H10ClN3S/c1-7-4-3-5-9-11(7)12(14)17-13(16-9)10-6-18-8(2)15-10/h3-6H,1-2H3. The minimum absolute atomic E-state index is 0.485. The van der Waals surface area contributed by atoms with Gasteiger partial charge in [0.05, 0.1) is 10.5 Å². The molecule has 2 aromatic heterocycles. The second kappa shape index (κ2) is 4.30. The molecule has 18 heavy (non-hydrogen) atoms. The molecule has 3 aromatic rings. The normalized spacial score (nSPS) is 11.1. The fraction of sp³-hybridized carbons (Fsp3) is 0.154. The van der Waals surface area contributed by atoms with Gasteiger partial charge < -0.3 is 0 Å². The Bertz CT molecular complexity index is 736. The van der Waals surface area contributed by atoms with E-state index < -0.39 is 0 Å². The van der Waals surface area contributed by atoms with E-state index in [9.17, 15) is 0 Å². The number of halogens is 1. The smallest absolute Gasteiger partial charge is 0.181 e. The Morgan fingerprint density at radius 3 is 2.67 bits per heavy atom. The second-order valence-corrected chi connectivity index (χ2v) is 5.48. The Labute approximate surface area is 114 Å². The van der Waals surface area contributed by atoms with Crippen molar-refractivity contribution >= 4 is 33.8 Å². The van der Waals surface area contributed by atoms with Crippen LogP contribution in [-0.2, 0) is 0 Å². The van der Waals surface area contributed by atoms with Gasteiger partial charge in [-0.3, -0.25) is 0 Å². The number of benzene rings is 1. The van der Waals surface area contributed by atoms with E-state index in [1.807, 2.05) is 37.4 Å². The van der Waals surface area contributed by atoms with Crippen LogP contribution in [0.1, 0.15) is 10.6 Å². The molecule has 0 unspecified atom stereocenters. The summed E-state index contributed by atoms with van der Waals surface area (Å²) in [6, 6.07) is 5.92. The van der Waals surface area contributed by atoms with Gasteiger partial charge in [-0.15, -0.1) is 11.3 Å². The van der Waals surface area contributed by atoms with Crippen molar-refractivity contribution in [3.8, 4) is 11.5 Å². The van der Waals surface area contributed by atoms with Gasteiger partial charge in [-0.1, -0.05) is 23.7 Å². The summed E-state index contributed by atoms with van der Waals surface area (Å²) in [4.78, 5) is 13.3. The van der Waals surface area contributed by atoms with Crippen molar-refractivity contribution in [2.45, 2.75) is 13.8 Å². The highest BCUT2D eigenvalue weighted by molar-refractivity contribution is 7.09. The van der Waals surface area contributed by atoms with Crippen molar-refractivity contribution in [3.63, 3.8) is 0 Å². The van der Waals surface area contributed by atoms with E-state index in [0.717, 1.165) is 27.2 Å². The molecule has 0 spiro atoms. The lowest BCUT2D eigenvalue weighted by molar-refractivity contribution is 1.17. The summed E-state index contributed by atoms with van der Waals surface area (Å²) >= 11 is 7.83. The Balaban J connectivity index is 2.28. The molecule has 5 heteroatoms. The number of aryl methyl sites for hydroxylation is 2. The summed E-state index contributed by atoms with van der Waals surface area (Å²) in [7, 11) is 0. The maximum absolute atomic E-state index is 6.25. The molecule has 0 N–H and O–H groups in total. The average Bonchev–Trinajstić information content (AvgIpc) is 2.75. The van der Waals surface area contributed by atoms with E-state index in [2.05, 4.69) is 15.0 Å². The molecule has 2 heterocycles. The lowest BCUT2D eigenvalue weighted by Crippen LogP contribution is -1.93. The molecule has 0 atom stereocenters. The molecule has 0 aliphatic carbocycles. The van der Waals surface area contributed by atoms with Crippen LogP contribution in [-0.4, -0.2) is 15.0 Å². The van der Waals surface area contributed by atoms with Crippen LogP contribution < -0.4 is 0 Å². The second-order valence-electron chi connectivity index (χ2n) is 4.06. The number of rotatable bonds is 1. The first-order valence-electron chi connectivity index (χ1n) is 5.50. The summed E-state index contributed by atoms with van der Waals surface area (Å²) in [5.74, 6) is 0.586. The molecule has 90 valence electrons. The third-order valence-corrected chi connectivity index (χ3v) is 3.78. The molecule has 1 aromatic carbocycles. The van der Waals surface area contributed by atoms with Gasteiger partial charge in [-0.25, -0.2) is 15.0 Å². The Morgan fingerprint density at radius 1 is 1.11 bits per heavy atom. The Kier molecular flexibility index (Phi) is 2.76. The third kappa shape index (κ3) is 1.87. The van der Waals surface area contributed by atoms with Gasteiger partial charge in [0.25, 0.3) is 0 Å². The van der Waals surface area contributed by atoms with Crippen molar-refractivity contribution < 1.29 is 0 Å². The molecular formula is C13H10ClN3S. The van der Waals surface area contributed by atoms with Crippen molar-refractivity contribution in [1.82, 2.24) is 15.0 Å². The molecule has 0 aliphatic heterocycles. The Morgan fingerprint density at radius 2 is 1.94 bits per heavy atom. The van der Waals surface area contributed by atoms with Gasteiger partial charge in [0.1, 0.15) is 10.8 Å². The molecule has 3 rings (SSSR count). The molecular weight excluding hydrogens is 266 g/mol. The molecule has 3 nitrogen and oxygen atoms in total. The highest BCUT2D eigenvalue weighted by atomic mass is 35.5. The molecule has 0 radical (unpaired) electrons. The fourth-order valence-electron chi connectivity index (χ4n) is 1.88. The largest absolute Gasteiger partial charge is 0.238 e. The van der Waals surface area contributed by atoms with E-state index in [1.165, 1.54) is 0 Å². The number of hydrogen-bond donors (Lipinski definition) is 0. The number of fused-ring (bicyclic) bond motifs is 1. The predicted molar refractivity (Wildman–Crippen MR) is 75.1 cm³/mol. The van der Waals surface area contributed by atoms with E-state index in [4.69, 9.17) is 11.6 Å².